The Morgan fingerprint density at radius 3 is 2.43 bits per heavy atom. The molecule has 1 aliphatic rings. The number of carbonyl (C=O) groups excluding carboxylic acids is 2. The van der Waals surface area contributed by atoms with E-state index in [1.807, 2.05) is 24.3 Å². The number of rotatable bonds is 3. The number of aldehydes is 1. The highest BCUT2D eigenvalue weighted by atomic mass is 79.9. The molecular formula is C17H10BrNO2S2. The van der Waals surface area contributed by atoms with Crippen LogP contribution in [0.15, 0.2) is 57.9 Å². The predicted molar refractivity (Wildman–Crippen MR) is 102 cm³/mol. The summed E-state index contributed by atoms with van der Waals surface area (Å²) in [6.45, 7) is 0. The van der Waals surface area contributed by atoms with E-state index in [1.165, 1.54) is 16.7 Å². The van der Waals surface area contributed by atoms with Gasteiger partial charge in [0, 0.05) is 10.0 Å². The molecule has 114 valence electrons. The smallest absolute Gasteiger partial charge is 0.270 e. The van der Waals surface area contributed by atoms with Gasteiger partial charge in [-0.05, 0) is 29.8 Å². The molecule has 3 rings (SSSR count). The molecule has 0 N–H and O–H groups in total. The summed E-state index contributed by atoms with van der Waals surface area (Å²) in [5.41, 5.74) is 2.19. The molecule has 1 heterocycles. The Hall–Kier alpha value is -1.76. The molecule has 0 atom stereocenters. The van der Waals surface area contributed by atoms with Gasteiger partial charge in [0.1, 0.15) is 6.29 Å². The lowest BCUT2D eigenvalue weighted by molar-refractivity contribution is -0.113. The van der Waals surface area contributed by atoms with Gasteiger partial charge in [-0.15, -0.1) is 0 Å². The molecule has 1 fully saturated rings. The summed E-state index contributed by atoms with van der Waals surface area (Å²) in [4.78, 5) is 25.4. The minimum atomic E-state index is -0.141. The minimum absolute atomic E-state index is 0.141. The Bertz CT molecular complexity index is 831. The number of thioether (sulfide) groups is 1. The lowest BCUT2D eigenvalue weighted by atomic mass is 10.1. The molecule has 2 aromatic carbocycles. The first-order valence-corrected chi connectivity index (χ1v) is 8.69. The van der Waals surface area contributed by atoms with Crippen molar-refractivity contribution in [3.63, 3.8) is 0 Å². The fraction of sp³-hybridized carbons (Fsp3) is 0. The van der Waals surface area contributed by atoms with Crippen molar-refractivity contribution in [1.82, 2.24) is 0 Å². The first-order chi connectivity index (χ1) is 11.1. The highest BCUT2D eigenvalue weighted by molar-refractivity contribution is 9.10. The monoisotopic (exact) mass is 403 g/mol. The van der Waals surface area contributed by atoms with Gasteiger partial charge in [-0.3, -0.25) is 14.5 Å². The number of hydrogen-bond acceptors (Lipinski definition) is 4. The zero-order valence-corrected chi connectivity index (χ0v) is 15.0. The number of carbonyl (C=O) groups is 2. The van der Waals surface area contributed by atoms with Crippen LogP contribution < -0.4 is 4.90 Å². The summed E-state index contributed by atoms with van der Waals surface area (Å²) < 4.78 is 1.39. The Labute approximate surface area is 151 Å². The summed E-state index contributed by atoms with van der Waals surface area (Å²) in [7, 11) is 0. The van der Waals surface area contributed by atoms with E-state index in [0.29, 0.717) is 14.8 Å². The first kappa shape index (κ1) is 16.1. The van der Waals surface area contributed by atoms with Gasteiger partial charge in [-0.25, -0.2) is 0 Å². The third-order valence-corrected chi connectivity index (χ3v) is 5.03. The molecule has 0 radical (unpaired) electrons. The van der Waals surface area contributed by atoms with Gasteiger partial charge >= 0.3 is 0 Å². The van der Waals surface area contributed by atoms with Gasteiger partial charge in [0.05, 0.1) is 10.6 Å². The maximum Gasteiger partial charge on any atom is 0.270 e. The van der Waals surface area contributed by atoms with Crippen molar-refractivity contribution in [2.75, 3.05) is 4.90 Å². The van der Waals surface area contributed by atoms with Crippen molar-refractivity contribution >= 4 is 68.2 Å². The van der Waals surface area contributed by atoms with E-state index in [9.17, 15) is 9.59 Å². The number of thiocarbonyl (C=S) groups is 1. The molecule has 0 aliphatic carbocycles. The van der Waals surface area contributed by atoms with Crippen LogP contribution in [0.2, 0.25) is 0 Å². The molecule has 1 aliphatic heterocycles. The summed E-state index contributed by atoms with van der Waals surface area (Å²) >= 11 is 10.0. The molecule has 0 bridgehead atoms. The second kappa shape index (κ2) is 6.78. The van der Waals surface area contributed by atoms with Crippen LogP contribution in [0.1, 0.15) is 15.9 Å². The van der Waals surface area contributed by atoms with Gasteiger partial charge in [-0.2, -0.15) is 0 Å². The number of halogens is 1. The van der Waals surface area contributed by atoms with E-state index in [1.54, 1.807) is 30.3 Å². The second-order valence-electron chi connectivity index (χ2n) is 4.78. The quantitative estimate of drug-likeness (QED) is 0.424. The van der Waals surface area contributed by atoms with Crippen LogP contribution >= 0.6 is 39.9 Å². The number of anilines is 1. The number of amides is 1. The van der Waals surface area contributed by atoms with E-state index >= 15 is 0 Å². The van der Waals surface area contributed by atoms with E-state index in [2.05, 4.69) is 15.9 Å². The van der Waals surface area contributed by atoms with E-state index in [0.717, 1.165) is 22.0 Å². The van der Waals surface area contributed by atoms with Crippen LogP contribution in [0, 0.1) is 0 Å². The van der Waals surface area contributed by atoms with Crippen LogP contribution in [0.3, 0.4) is 0 Å². The lowest BCUT2D eigenvalue weighted by Gasteiger charge is -2.14. The van der Waals surface area contributed by atoms with Crippen molar-refractivity contribution in [2.24, 2.45) is 0 Å². The summed E-state index contributed by atoms with van der Waals surface area (Å²) in [6, 6.07) is 14.5. The van der Waals surface area contributed by atoms with Crippen molar-refractivity contribution in [1.29, 1.82) is 0 Å². The maximum absolute atomic E-state index is 12.6. The topological polar surface area (TPSA) is 37.4 Å². The van der Waals surface area contributed by atoms with Gasteiger partial charge in [0.15, 0.2) is 4.32 Å². The molecule has 0 spiro atoms. The van der Waals surface area contributed by atoms with Crippen LogP contribution in [0.25, 0.3) is 6.08 Å². The highest BCUT2D eigenvalue weighted by Crippen LogP contribution is 2.36. The van der Waals surface area contributed by atoms with Crippen LogP contribution in [-0.4, -0.2) is 16.5 Å². The molecule has 3 nitrogen and oxygen atoms in total. The number of hydrogen-bond donors (Lipinski definition) is 0. The lowest BCUT2D eigenvalue weighted by Crippen LogP contribution is -2.27. The fourth-order valence-electron chi connectivity index (χ4n) is 2.13. The SMILES string of the molecule is O=Cc1ccc(/C=C2/SC(=S)N(c3cccc(Br)c3)C2=O)cc1. The molecule has 2 aromatic rings. The van der Waals surface area contributed by atoms with E-state index in [4.69, 9.17) is 12.2 Å². The zero-order chi connectivity index (χ0) is 16.4. The predicted octanol–water partition coefficient (Wildman–Crippen LogP) is 4.67. The van der Waals surface area contributed by atoms with Crippen LogP contribution in [0.4, 0.5) is 5.69 Å². The highest BCUT2D eigenvalue weighted by Gasteiger charge is 2.33. The van der Waals surface area contributed by atoms with Gasteiger partial charge in [0.25, 0.3) is 5.91 Å². The molecular weight excluding hydrogens is 394 g/mol. The van der Waals surface area contributed by atoms with Crippen molar-refractivity contribution in [2.45, 2.75) is 0 Å². The third-order valence-electron chi connectivity index (χ3n) is 3.23. The second-order valence-corrected chi connectivity index (χ2v) is 7.37. The average molecular weight is 404 g/mol. The summed E-state index contributed by atoms with van der Waals surface area (Å²) in [5, 5.41) is 0. The normalized spacial score (nSPS) is 16.2. The Kier molecular flexibility index (Phi) is 4.75. The zero-order valence-electron chi connectivity index (χ0n) is 11.7. The molecule has 6 heteroatoms. The molecule has 0 saturated carbocycles. The Morgan fingerprint density at radius 1 is 1.09 bits per heavy atom. The standard InChI is InChI=1S/C17H10BrNO2S2/c18-13-2-1-3-14(9-13)19-16(21)15(23-17(19)22)8-11-4-6-12(10-20)7-5-11/h1-10H/b15-8+. The maximum atomic E-state index is 12.6. The molecule has 1 saturated heterocycles. The summed E-state index contributed by atoms with van der Waals surface area (Å²) in [6.07, 6.45) is 2.57. The van der Waals surface area contributed by atoms with Crippen LogP contribution in [-0.2, 0) is 4.79 Å². The van der Waals surface area contributed by atoms with E-state index in [-0.39, 0.29) is 5.91 Å². The fourth-order valence-corrected chi connectivity index (χ4v) is 3.81. The van der Waals surface area contributed by atoms with E-state index < -0.39 is 0 Å². The Morgan fingerprint density at radius 2 is 1.78 bits per heavy atom. The Balaban J connectivity index is 1.91. The van der Waals surface area contributed by atoms with Gasteiger partial charge in [-0.1, -0.05) is 70.2 Å². The molecule has 23 heavy (non-hydrogen) atoms. The van der Waals surface area contributed by atoms with Crippen molar-refractivity contribution < 1.29 is 9.59 Å². The molecule has 0 unspecified atom stereocenters. The largest absolute Gasteiger partial charge is 0.298 e. The minimum Gasteiger partial charge on any atom is -0.298 e. The number of nitrogens with zero attached hydrogens (tertiary/aromatic N) is 1. The van der Waals surface area contributed by atoms with Gasteiger partial charge in [0.2, 0.25) is 0 Å². The van der Waals surface area contributed by atoms with Crippen molar-refractivity contribution in [3.05, 3.63) is 69.0 Å². The van der Waals surface area contributed by atoms with Gasteiger partial charge < -0.3 is 0 Å². The third kappa shape index (κ3) is 3.44. The first-order valence-electron chi connectivity index (χ1n) is 6.67. The summed E-state index contributed by atoms with van der Waals surface area (Å²) in [5.74, 6) is -0.141. The van der Waals surface area contributed by atoms with Crippen molar-refractivity contribution in [3.8, 4) is 0 Å². The number of benzene rings is 2. The molecule has 1 amide bonds. The average Bonchev–Trinajstić information content (AvgIpc) is 2.82. The van der Waals surface area contributed by atoms with Crippen LogP contribution in [0.5, 0.6) is 0 Å². The molecule has 0 aromatic heterocycles.